The second-order valence-electron chi connectivity index (χ2n) is 5.21. The molecule has 0 heterocycles. The van der Waals surface area contributed by atoms with Gasteiger partial charge >= 0.3 is 0 Å². The van der Waals surface area contributed by atoms with Crippen molar-refractivity contribution in [2.24, 2.45) is 5.10 Å². The standard InChI is InChI=1S/C19H15ClN2O/c1-13(15-10-9-14-5-2-3-6-16(14)11-15)21-22-19(23)17-7-4-8-18(20)12-17/h2-12H,1H3,(H,22,23). The van der Waals surface area contributed by atoms with Gasteiger partial charge in [0.25, 0.3) is 5.91 Å². The molecule has 0 aliphatic rings. The van der Waals surface area contributed by atoms with E-state index in [1.165, 1.54) is 5.39 Å². The van der Waals surface area contributed by atoms with E-state index < -0.39 is 0 Å². The van der Waals surface area contributed by atoms with Gasteiger partial charge in [-0.1, -0.05) is 54.1 Å². The average molecular weight is 323 g/mol. The molecule has 0 radical (unpaired) electrons. The van der Waals surface area contributed by atoms with Gasteiger partial charge in [0.15, 0.2) is 0 Å². The average Bonchev–Trinajstić information content (AvgIpc) is 2.59. The van der Waals surface area contributed by atoms with E-state index in [1.807, 2.05) is 31.2 Å². The lowest BCUT2D eigenvalue weighted by Crippen LogP contribution is -2.19. The predicted molar refractivity (Wildman–Crippen MR) is 95.1 cm³/mol. The van der Waals surface area contributed by atoms with E-state index in [0.717, 1.165) is 16.7 Å². The Morgan fingerprint density at radius 3 is 2.48 bits per heavy atom. The molecule has 0 fully saturated rings. The Bertz CT molecular complexity index is 903. The van der Waals surface area contributed by atoms with Gasteiger partial charge in [-0.15, -0.1) is 0 Å². The molecule has 1 amide bonds. The summed E-state index contributed by atoms with van der Waals surface area (Å²) in [7, 11) is 0. The first-order valence-corrected chi connectivity index (χ1v) is 7.61. The highest BCUT2D eigenvalue weighted by Gasteiger charge is 2.05. The first kappa shape index (κ1) is 15.3. The van der Waals surface area contributed by atoms with E-state index in [1.54, 1.807) is 24.3 Å². The molecule has 0 unspecified atom stereocenters. The lowest BCUT2D eigenvalue weighted by molar-refractivity contribution is 0.0955. The molecule has 3 rings (SSSR count). The van der Waals surface area contributed by atoms with Crippen LogP contribution in [0.1, 0.15) is 22.8 Å². The highest BCUT2D eigenvalue weighted by molar-refractivity contribution is 6.31. The predicted octanol–water partition coefficient (Wildman–Crippen LogP) is 4.65. The minimum Gasteiger partial charge on any atom is -0.267 e. The molecule has 0 aromatic heterocycles. The Morgan fingerprint density at radius 2 is 1.70 bits per heavy atom. The van der Waals surface area contributed by atoms with Crippen LogP contribution in [0.4, 0.5) is 0 Å². The molecule has 0 aliphatic heterocycles. The van der Waals surface area contributed by atoms with Crippen LogP contribution in [0.25, 0.3) is 10.8 Å². The molecule has 1 N–H and O–H groups in total. The van der Waals surface area contributed by atoms with Gasteiger partial charge in [0.1, 0.15) is 0 Å². The number of hydrogen-bond acceptors (Lipinski definition) is 2. The first-order chi connectivity index (χ1) is 11.1. The molecule has 0 aliphatic carbocycles. The van der Waals surface area contributed by atoms with Crippen LogP contribution in [0.5, 0.6) is 0 Å². The van der Waals surface area contributed by atoms with Gasteiger partial charge in [-0.3, -0.25) is 4.79 Å². The van der Waals surface area contributed by atoms with E-state index >= 15 is 0 Å². The lowest BCUT2D eigenvalue weighted by Gasteiger charge is -2.05. The normalized spacial score (nSPS) is 11.5. The third kappa shape index (κ3) is 3.58. The molecule has 0 spiro atoms. The molecule has 4 heteroatoms. The van der Waals surface area contributed by atoms with Crippen molar-refractivity contribution >= 4 is 34.0 Å². The zero-order valence-corrected chi connectivity index (χ0v) is 13.3. The summed E-state index contributed by atoms with van der Waals surface area (Å²) in [5.74, 6) is -0.285. The summed E-state index contributed by atoms with van der Waals surface area (Å²) in [5.41, 5.74) is 4.75. The van der Waals surface area contributed by atoms with E-state index in [-0.39, 0.29) is 5.91 Å². The third-order valence-corrected chi connectivity index (χ3v) is 3.81. The van der Waals surface area contributed by atoms with Gasteiger partial charge in [0.05, 0.1) is 5.71 Å². The molecule has 0 saturated heterocycles. The van der Waals surface area contributed by atoms with Gasteiger partial charge < -0.3 is 0 Å². The quantitative estimate of drug-likeness (QED) is 0.553. The van der Waals surface area contributed by atoms with Gasteiger partial charge in [0, 0.05) is 10.6 Å². The number of nitrogens with zero attached hydrogens (tertiary/aromatic N) is 1. The number of fused-ring (bicyclic) bond motifs is 1. The smallest absolute Gasteiger partial charge is 0.267 e. The summed E-state index contributed by atoms with van der Waals surface area (Å²) < 4.78 is 0. The maximum atomic E-state index is 12.1. The highest BCUT2D eigenvalue weighted by atomic mass is 35.5. The summed E-state index contributed by atoms with van der Waals surface area (Å²) in [6.45, 7) is 1.86. The fraction of sp³-hybridized carbons (Fsp3) is 0.0526. The van der Waals surface area contributed by atoms with E-state index in [4.69, 9.17) is 11.6 Å². The summed E-state index contributed by atoms with van der Waals surface area (Å²) in [4.78, 5) is 12.1. The minimum atomic E-state index is -0.285. The van der Waals surface area contributed by atoms with Crippen LogP contribution in [0, 0.1) is 0 Å². The molecular formula is C19H15ClN2O. The van der Waals surface area contributed by atoms with Crippen molar-refractivity contribution in [3.63, 3.8) is 0 Å². The molecule has 3 nitrogen and oxygen atoms in total. The van der Waals surface area contributed by atoms with Crippen LogP contribution in [0.3, 0.4) is 0 Å². The van der Waals surface area contributed by atoms with Crippen molar-refractivity contribution < 1.29 is 4.79 Å². The van der Waals surface area contributed by atoms with Crippen LogP contribution >= 0.6 is 11.6 Å². The maximum Gasteiger partial charge on any atom is 0.271 e. The van der Waals surface area contributed by atoms with E-state index in [0.29, 0.717) is 10.6 Å². The Hall–Kier alpha value is -2.65. The SMILES string of the molecule is CC(=NNC(=O)c1cccc(Cl)c1)c1ccc2ccccc2c1. The monoisotopic (exact) mass is 322 g/mol. The van der Waals surface area contributed by atoms with Crippen LogP contribution < -0.4 is 5.43 Å². The summed E-state index contributed by atoms with van der Waals surface area (Å²) >= 11 is 5.89. The Labute approximate surface area is 139 Å². The maximum absolute atomic E-state index is 12.1. The van der Waals surface area contributed by atoms with Gasteiger partial charge in [0.2, 0.25) is 0 Å². The van der Waals surface area contributed by atoms with Crippen LogP contribution in [-0.4, -0.2) is 11.6 Å². The largest absolute Gasteiger partial charge is 0.271 e. The molecule has 3 aromatic carbocycles. The molecule has 114 valence electrons. The van der Waals surface area contributed by atoms with Crippen molar-refractivity contribution in [3.8, 4) is 0 Å². The summed E-state index contributed by atoms with van der Waals surface area (Å²) in [6.07, 6.45) is 0. The number of rotatable bonds is 3. The van der Waals surface area contributed by atoms with Gasteiger partial charge in [-0.05, 0) is 47.5 Å². The van der Waals surface area contributed by atoms with Crippen molar-refractivity contribution in [1.29, 1.82) is 0 Å². The second-order valence-corrected chi connectivity index (χ2v) is 5.65. The number of hydrazone groups is 1. The molecule has 0 saturated carbocycles. The molecular weight excluding hydrogens is 308 g/mol. The zero-order chi connectivity index (χ0) is 16.2. The topological polar surface area (TPSA) is 41.5 Å². The fourth-order valence-electron chi connectivity index (χ4n) is 2.31. The number of amides is 1. The van der Waals surface area contributed by atoms with Crippen molar-refractivity contribution in [3.05, 3.63) is 82.9 Å². The number of carbonyl (C=O) groups is 1. The van der Waals surface area contributed by atoms with Crippen molar-refractivity contribution in [2.45, 2.75) is 6.92 Å². The number of hydrogen-bond donors (Lipinski definition) is 1. The molecule has 3 aromatic rings. The lowest BCUT2D eigenvalue weighted by atomic mass is 10.0. The van der Waals surface area contributed by atoms with E-state index in [2.05, 4.69) is 28.7 Å². The molecule has 0 atom stereocenters. The minimum absolute atomic E-state index is 0.285. The van der Waals surface area contributed by atoms with Gasteiger partial charge in [-0.25, -0.2) is 5.43 Å². The second kappa shape index (κ2) is 6.63. The van der Waals surface area contributed by atoms with Crippen LogP contribution in [0.15, 0.2) is 71.8 Å². The molecule has 0 bridgehead atoms. The number of halogens is 1. The Morgan fingerprint density at radius 1 is 0.913 bits per heavy atom. The Balaban J connectivity index is 1.79. The highest BCUT2D eigenvalue weighted by Crippen LogP contribution is 2.16. The zero-order valence-electron chi connectivity index (χ0n) is 12.6. The fourth-order valence-corrected chi connectivity index (χ4v) is 2.50. The van der Waals surface area contributed by atoms with Crippen LogP contribution in [-0.2, 0) is 0 Å². The number of carbonyl (C=O) groups excluding carboxylic acids is 1. The van der Waals surface area contributed by atoms with Crippen molar-refractivity contribution in [1.82, 2.24) is 5.43 Å². The number of nitrogens with one attached hydrogen (secondary N) is 1. The summed E-state index contributed by atoms with van der Waals surface area (Å²) in [6, 6.07) is 21.0. The third-order valence-electron chi connectivity index (χ3n) is 3.58. The summed E-state index contributed by atoms with van der Waals surface area (Å²) in [5, 5.41) is 7.02. The van der Waals surface area contributed by atoms with E-state index in [9.17, 15) is 4.79 Å². The van der Waals surface area contributed by atoms with Crippen molar-refractivity contribution in [2.75, 3.05) is 0 Å². The molecule has 23 heavy (non-hydrogen) atoms. The van der Waals surface area contributed by atoms with Gasteiger partial charge in [-0.2, -0.15) is 5.10 Å². The number of benzene rings is 3. The Kier molecular flexibility index (Phi) is 4.40. The van der Waals surface area contributed by atoms with Crippen LogP contribution in [0.2, 0.25) is 5.02 Å². The first-order valence-electron chi connectivity index (χ1n) is 7.23.